The SMILES string of the molecule is CC1C(Nc2cnc3ccccc3n2)CCCN1C. The average molecular weight is 256 g/mol. The Labute approximate surface area is 113 Å². The summed E-state index contributed by atoms with van der Waals surface area (Å²) in [5.74, 6) is 0.880. The highest BCUT2D eigenvalue weighted by molar-refractivity contribution is 5.75. The maximum absolute atomic E-state index is 4.64. The topological polar surface area (TPSA) is 41.1 Å². The molecule has 1 N–H and O–H groups in total. The van der Waals surface area contributed by atoms with Crippen LogP contribution in [0.5, 0.6) is 0 Å². The lowest BCUT2D eigenvalue weighted by Gasteiger charge is -2.37. The second kappa shape index (κ2) is 5.13. The number of aromatic nitrogens is 2. The summed E-state index contributed by atoms with van der Waals surface area (Å²) in [6, 6.07) is 8.96. The fourth-order valence-corrected chi connectivity index (χ4v) is 2.72. The molecule has 2 aromatic rings. The normalized spacial score (nSPS) is 24.5. The molecule has 100 valence electrons. The third-order valence-electron chi connectivity index (χ3n) is 4.09. The van der Waals surface area contributed by atoms with Gasteiger partial charge in [-0.15, -0.1) is 0 Å². The highest BCUT2D eigenvalue weighted by Gasteiger charge is 2.25. The Bertz CT molecular complexity index is 569. The molecular formula is C15H20N4. The van der Waals surface area contributed by atoms with E-state index in [1.165, 1.54) is 19.4 Å². The number of hydrogen-bond acceptors (Lipinski definition) is 4. The van der Waals surface area contributed by atoms with Crippen LogP contribution in [0.4, 0.5) is 5.82 Å². The molecule has 0 aliphatic carbocycles. The molecule has 1 aliphatic heterocycles. The molecule has 0 bridgehead atoms. The van der Waals surface area contributed by atoms with Crippen molar-refractivity contribution in [2.45, 2.75) is 31.8 Å². The molecule has 0 radical (unpaired) electrons. The third kappa shape index (κ3) is 2.54. The van der Waals surface area contributed by atoms with Gasteiger partial charge in [0.05, 0.1) is 17.2 Å². The summed E-state index contributed by atoms with van der Waals surface area (Å²) in [6.45, 7) is 3.45. The van der Waals surface area contributed by atoms with E-state index in [1.807, 2.05) is 30.5 Å². The van der Waals surface area contributed by atoms with Crippen molar-refractivity contribution in [3.63, 3.8) is 0 Å². The van der Waals surface area contributed by atoms with Crippen molar-refractivity contribution in [3.8, 4) is 0 Å². The van der Waals surface area contributed by atoms with Crippen molar-refractivity contribution in [3.05, 3.63) is 30.5 Å². The molecule has 2 atom stereocenters. The number of hydrogen-bond donors (Lipinski definition) is 1. The zero-order chi connectivity index (χ0) is 13.2. The number of anilines is 1. The molecule has 4 heteroatoms. The van der Waals surface area contributed by atoms with Crippen LogP contribution < -0.4 is 5.32 Å². The van der Waals surface area contributed by atoms with E-state index in [9.17, 15) is 0 Å². The predicted molar refractivity (Wildman–Crippen MR) is 78.3 cm³/mol. The van der Waals surface area contributed by atoms with Gasteiger partial charge in [-0.1, -0.05) is 12.1 Å². The molecule has 19 heavy (non-hydrogen) atoms. The van der Waals surface area contributed by atoms with Gasteiger partial charge in [-0.2, -0.15) is 0 Å². The van der Waals surface area contributed by atoms with Gasteiger partial charge >= 0.3 is 0 Å². The predicted octanol–water partition coefficient (Wildman–Crippen LogP) is 2.52. The number of nitrogens with one attached hydrogen (secondary N) is 1. The van der Waals surface area contributed by atoms with Gasteiger partial charge in [-0.3, -0.25) is 4.98 Å². The number of likely N-dealkylation sites (N-methyl/N-ethyl adjacent to an activating group) is 1. The van der Waals surface area contributed by atoms with Crippen LogP contribution in [0.15, 0.2) is 30.5 Å². The number of piperidine rings is 1. The van der Waals surface area contributed by atoms with E-state index in [0.29, 0.717) is 12.1 Å². The number of para-hydroxylation sites is 2. The third-order valence-corrected chi connectivity index (χ3v) is 4.09. The Morgan fingerprint density at radius 1 is 1.26 bits per heavy atom. The molecular weight excluding hydrogens is 236 g/mol. The first-order valence-electron chi connectivity index (χ1n) is 6.92. The van der Waals surface area contributed by atoms with Crippen molar-refractivity contribution in [1.82, 2.24) is 14.9 Å². The lowest BCUT2D eigenvalue weighted by molar-refractivity contribution is 0.184. The van der Waals surface area contributed by atoms with Gasteiger partial charge in [-0.25, -0.2) is 4.98 Å². The maximum atomic E-state index is 4.64. The van der Waals surface area contributed by atoms with E-state index in [-0.39, 0.29) is 0 Å². The van der Waals surface area contributed by atoms with E-state index in [2.05, 4.69) is 34.2 Å². The molecule has 1 aliphatic rings. The number of benzene rings is 1. The minimum absolute atomic E-state index is 0.453. The first kappa shape index (κ1) is 12.4. The fraction of sp³-hybridized carbons (Fsp3) is 0.467. The zero-order valence-electron chi connectivity index (χ0n) is 11.5. The quantitative estimate of drug-likeness (QED) is 0.896. The average Bonchev–Trinajstić information content (AvgIpc) is 2.44. The second-order valence-electron chi connectivity index (χ2n) is 5.36. The summed E-state index contributed by atoms with van der Waals surface area (Å²) in [6.07, 6.45) is 4.27. The first-order chi connectivity index (χ1) is 9.24. The Morgan fingerprint density at radius 3 is 2.89 bits per heavy atom. The molecule has 0 spiro atoms. The van der Waals surface area contributed by atoms with Gasteiger partial charge in [0.1, 0.15) is 5.82 Å². The smallest absolute Gasteiger partial charge is 0.145 e. The van der Waals surface area contributed by atoms with Crippen molar-refractivity contribution < 1.29 is 0 Å². The Balaban J connectivity index is 1.81. The van der Waals surface area contributed by atoms with Crippen LogP contribution in [0.2, 0.25) is 0 Å². The summed E-state index contributed by atoms with van der Waals surface area (Å²) in [7, 11) is 2.19. The van der Waals surface area contributed by atoms with E-state index in [1.54, 1.807) is 0 Å². The highest BCUT2D eigenvalue weighted by atomic mass is 15.2. The zero-order valence-corrected chi connectivity index (χ0v) is 11.5. The van der Waals surface area contributed by atoms with Crippen LogP contribution in [0.25, 0.3) is 11.0 Å². The van der Waals surface area contributed by atoms with Crippen molar-refractivity contribution in [2.24, 2.45) is 0 Å². The number of fused-ring (bicyclic) bond motifs is 1. The number of likely N-dealkylation sites (tertiary alicyclic amines) is 1. The van der Waals surface area contributed by atoms with E-state index in [4.69, 9.17) is 0 Å². The summed E-state index contributed by atoms with van der Waals surface area (Å²) < 4.78 is 0. The largest absolute Gasteiger partial charge is 0.364 e. The van der Waals surface area contributed by atoms with Gasteiger partial charge in [0, 0.05) is 12.1 Å². The molecule has 1 aromatic carbocycles. The van der Waals surface area contributed by atoms with Crippen LogP contribution in [0.3, 0.4) is 0 Å². The minimum atomic E-state index is 0.453. The molecule has 1 saturated heterocycles. The van der Waals surface area contributed by atoms with Gasteiger partial charge in [0.15, 0.2) is 0 Å². The van der Waals surface area contributed by atoms with Crippen LogP contribution in [-0.2, 0) is 0 Å². The molecule has 1 fully saturated rings. The number of rotatable bonds is 2. The Kier molecular flexibility index (Phi) is 3.34. The van der Waals surface area contributed by atoms with Crippen molar-refractivity contribution in [1.29, 1.82) is 0 Å². The summed E-state index contributed by atoms with van der Waals surface area (Å²) in [5.41, 5.74) is 1.89. The van der Waals surface area contributed by atoms with Gasteiger partial charge < -0.3 is 10.2 Å². The van der Waals surface area contributed by atoms with Crippen LogP contribution in [0, 0.1) is 0 Å². The summed E-state index contributed by atoms with van der Waals surface area (Å²) >= 11 is 0. The minimum Gasteiger partial charge on any atom is -0.364 e. The van der Waals surface area contributed by atoms with E-state index < -0.39 is 0 Å². The fourth-order valence-electron chi connectivity index (χ4n) is 2.72. The van der Waals surface area contributed by atoms with Crippen LogP contribution in [0.1, 0.15) is 19.8 Å². The second-order valence-corrected chi connectivity index (χ2v) is 5.36. The van der Waals surface area contributed by atoms with E-state index in [0.717, 1.165) is 16.9 Å². The number of nitrogens with zero attached hydrogens (tertiary/aromatic N) is 3. The van der Waals surface area contributed by atoms with Crippen molar-refractivity contribution in [2.75, 3.05) is 18.9 Å². The molecule has 3 rings (SSSR count). The molecule has 0 amide bonds. The standard InChI is InChI=1S/C15H20N4/c1-11-12(8-5-9-19(11)2)17-15-10-16-13-6-3-4-7-14(13)18-15/h3-4,6-7,10-12H,5,8-9H2,1-2H3,(H,17,18). The molecule has 2 unspecified atom stereocenters. The maximum Gasteiger partial charge on any atom is 0.145 e. The highest BCUT2D eigenvalue weighted by Crippen LogP contribution is 2.20. The van der Waals surface area contributed by atoms with E-state index >= 15 is 0 Å². The van der Waals surface area contributed by atoms with Crippen LogP contribution in [-0.4, -0.2) is 40.5 Å². The van der Waals surface area contributed by atoms with Gasteiger partial charge in [0.25, 0.3) is 0 Å². The van der Waals surface area contributed by atoms with Crippen molar-refractivity contribution >= 4 is 16.9 Å². The Hall–Kier alpha value is -1.68. The summed E-state index contributed by atoms with van der Waals surface area (Å²) in [4.78, 5) is 11.5. The molecule has 2 heterocycles. The lowest BCUT2D eigenvalue weighted by Crippen LogP contribution is -2.47. The van der Waals surface area contributed by atoms with Crippen LogP contribution >= 0.6 is 0 Å². The summed E-state index contributed by atoms with van der Waals surface area (Å²) in [5, 5.41) is 3.54. The van der Waals surface area contributed by atoms with Gasteiger partial charge in [0.2, 0.25) is 0 Å². The molecule has 1 aromatic heterocycles. The van der Waals surface area contributed by atoms with Gasteiger partial charge in [-0.05, 0) is 45.5 Å². The molecule has 0 saturated carbocycles. The molecule has 4 nitrogen and oxygen atoms in total. The lowest BCUT2D eigenvalue weighted by atomic mass is 9.98. The Morgan fingerprint density at radius 2 is 2.05 bits per heavy atom. The first-order valence-corrected chi connectivity index (χ1v) is 6.92. The monoisotopic (exact) mass is 256 g/mol.